The van der Waals surface area contributed by atoms with E-state index in [0.717, 1.165) is 23.1 Å². The van der Waals surface area contributed by atoms with E-state index in [1.165, 1.54) is 56.9 Å². The second kappa shape index (κ2) is 9.81. The quantitative estimate of drug-likeness (QED) is 0.439. The van der Waals surface area contributed by atoms with Gasteiger partial charge in [0, 0.05) is 5.39 Å². The average molecular weight is 407 g/mol. The molecular weight excluding hydrogens is 371 g/mol. The van der Waals surface area contributed by atoms with Gasteiger partial charge in [0.15, 0.2) is 11.6 Å². The molecule has 2 saturated carbocycles. The van der Waals surface area contributed by atoms with Crippen LogP contribution >= 0.6 is 0 Å². The van der Waals surface area contributed by atoms with Crippen LogP contribution < -0.4 is 4.74 Å². The molecule has 0 aromatic heterocycles. The molecule has 0 bridgehead atoms. The molecule has 0 N–H and O–H groups in total. The largest absolute Gasteiger partial charge is 0.486 e. The van der Waals surface area contributed by atoms with Gasteiger partial charge in [-0.3, -0.25) is 0 Å². The maximum absolute atomic E-state index is 14.8. The van der Waals surface area contributed by atoms with Gasteiger partial charge in [0.05, 0.1) is 0 Å². The van der Waals surface area contributed by atoms with Crippen molar-refractivity contribution in [2.24, 2.45) is 17.8 Å². The SMILES string of the molecule is C=CC1CCC(C2CCC(c3ccc4c(F)c(OCC=CC)ccc4c3)CC2)CC1. The summed E-state index contributed by atoms with van der Waals surface area (Å²) in [4.78, 5) is 0. The van der Waals surface area contributed by atoms with E-state index in [1.807, 2.05) is 31.2 Å². The molecule has 0 heterocycles. The third kappa shape index (κ3) is 4.63. The Morgan fingerprint density at radius 1 is 0.967 bits per heavy atom. The highest BCUT2D eigenvalue weighted by Gasteiger charge is 2.30. The van der Waals surface area contributed by atoms with Crippen molar-refractivity contribution in [1.29, 1.82) is 0 Å². The second-order valence-electron chi connectivity index (χ2n) is 9.26. The zero-order valence-electron chi connectivity index (χ0n) is 18.3. The van der Waals surface area contributed by atoms with Gasteiger partial charge in [-0.2, -0.15) is 0 Å². The minimum Gasteiger partial charge on any atom is -0.486 e. The highest BCUT2D eigenvalue weighted by atomic mass is 19.1. The number of hydrogen-bond donors (Lipinski definition) is 0. The molecule has 0 atom stereocenters. The predicted molar refractivity (Wildman–Crippen MR) is 125 cm³/mol. The Morgan fingerprint density at radius 2 is 1.67 bits per heavy atom. The van der Waals surface area contributed by atoms with Crippen LogP contribution in [-0.2, 0) is 0 Å². The van der Waals surface area contributed by atoms with Gasteiger partial charge in [-0.05, 0) is 99.0 Å². The number of fused-ring (bicyclic) bond motifs is 1. The zero-order chi connectivity index (χ0) is 20.9. The van der Waals surface area contributed by atoms with Crippen LogP contribution in [0.5, 0.6) is 5.75 Å². The molecule has 2 aromatic rings. The predicted octanol–water partition coefficient (Wildman–Crippen LogP) is 8.20. The minimum atomic E-state index is -0.248. The first-order valence-electron chi connectivity index (χ1n) is 11.8. The Balaban J connectivity index is 1.39. The molecule has 160 valence electrons. The summed E-state index contributed by atoms with van der Waals surface area (Å²) in [5, 5.41) is 1.64. The molecule has 4 rings (SSSR count). The van der Waals surface area contributed by atoms with Crippen molar-refractivity contribution >= 4 is 10.8 Å². The molecule has 0 radical (unpaired) electrons. The molecule has 0 unspecified atom stereocenters. The lowest BCUT2D eigenvalue weighted by atomic mass is 9.68. The zero-order valence-corrected chi connectivity index (χ0v) is 18.3. The summed E-state index contributed by atoms with van der Waals surface area (Å²) in [5.74, 6) is 3.28. The second-order valence-corrected chi connectivity index (χ2v) is 9.26. The molecule has 2 heteroatoms. The first-order chi connectivity index (χ1) is 14.7. The normalized spacial score (nSPS) is 27.4. The first kappa shape index (κ1) is 21.2. The van der Waals surface area contributed by atoms with E-state index >= 15 is 0 Å². The van der Waals surface area contributed by atoms with Gasteiger partial charge >= 0.3 is 0 Å². The number of ether oxygens (including phenoxy) is 1. The van der Waals surface area contributed by atoms with Crippen LogP contribution in [0.3, 0.4) is 0 Å². The molecule has 0 saturated heterocycles. The minimum absolute atomic E-state index is 0.248. The van der Waals surface area contributed by atoms with Gasteiger partial charge in [-0.15, -0.1) is 6.58 Å². The van der Waals surface area contributed by atoms with Gasteiger partial charge in [0.2, 0.25) is 0 Å². The van der Waals surface area contributed by atoms with Crippen molar-refractivity contribution in [2.75, 3.05) is 6.61 Å². The highest BCUT2D eigenvalue weighted by Crippen LogP contribution is 2.44. The summed E-state index contributed by atoms with van der Waals surface area (Å²) >= 11 is 0. The molecule has 30 heavy (non-hydrogen) atoms. The fourth-order valence-corrected chi connectivity index (χ4v) is 5.67. The summed E-state index contributed by atoms with van der Waals surface area (Å²) < 4.78 is 20.4. The van der Waals surface area contributed by atoms with Crippen molar-refractivity contribution in [1.82, 2.24) is 0 Å². The molecule has 1 nitrogen and oxygen atoms in total. The van der Waals surface area contributed by atoms with Crippen LogP contribution in [0.1, 0.15) is 69.8 Å². The Morgan fingerprint density at radius 3 is 2.33 bits per heavy atom. The van der Waals surface area contributed by atoms with E-state index in [-0.39, 0.29) is 5.82 Å². The Hall–Kier alpha value is -2.09. The third-order valence-electron chi connectivity index (χ3n) is 7.57. The first-order valence-corrected chi connectivity index (χ1v) is 11.8. The van der Waals surface area contributed by atoms with Crippen LogP contribution in [0.4, 0.5) is 4.39 Å². The Bertz CT molecular complexity index is 883. The number of rotatable bonds is 6. The van der Waals surface area contributed by atoms with E-state index < -0.39 is 0 Å². The van der Waals surface area contributed by atoms with Crippen LogP contribution in [0.25, 0.3) is 10.8 Å². The molecule has 0 aliphatic heterocycles. The van der Waals surface area contributed by atoms with Gasteiger partial charge in [0.25, 0.3) is 0 Å². The Kier molecular flexibility index (Phi) is 6.92. The smallest absolute Gasteiger partial charge is 0.172 e. The fourth-order valence-electron chi connectivity index (χ4n) is 5.67. The fraction of sp³-hybridized carbons (Fsp3) is 0.500. The molecule has 2 fully saturated rings. The van der Waals surface area contributed by atoms with Gasteiger partial charge in [-0.25, -0.2) is 4.39 Å². The monoisotopic (exact) mass is 406 g/mol. The van der Waals surface area contributed by atoms with Crippen LogP contribution in [0, 0.1) is 23.6 Å². The maximum atomic E-state index is 14.8. The van der Waals surface area contributed by atoms with Crippen molar-refractivity contribution in [3.8, 4) is 5.75 Å². The summed E-state index contributed by atoms with van der Waals surface area (Å²) in [7, 11) is 0. The van der Waals surface area contributed by atoms with Gasteiger partial charge in [-0.1, -0.05) is 42.5 Å². The summed E-state index contributed by atoms with van der Waals surface area (Å²) in [6.45, 7) is 6.31. The third-order valence-corrected chi connectivity index (χ3v) is 7.57. The van der Waals surface area contributed by atoms with Crippen molar-refractivity contribution in [3.05, 3.63) is 66.5 Å². The van der Waals surface area contributed by atoms with Crippen molar-refractivity contribution in [2.45, 2.75) is 64.2 Å². The van der Waals surface area contributed by atoms with E-state index in [0.29, 0.717) is 23.7 Å². The number of hydrogen-bond acceptors (Lipinski definition) is 1. The van der Waals surface area contributed by atoms with E-state index in [1.54, 1.807) is 6.07 Å². The van der Waals surface area contributed by atoms with Crippen molar-refractivity contribution in [3.63, 3.8) is 0 Å². The lowest BCUT2D eigenvalue weighted by molar-refractivity contribution is 0.171. The molecule has 2 aliphatic rings. The lowest BCUT2D eigenvalue weighted by Crippen LogP contribution is -2.25. The molecule has 0 amide bonds. The van der Waals surface area contributed by atoms with E-state index in [2.05, 4.69) is 24.8 Å². The standard InChI is InChI=1S/C28H35FO/c1-3-5-18-30-27-17-15-25-19-24(14-16-26(25)28(27)29)23-12-10-22(11-13-23)21-8-6-20(4-2)7-9-21/h3-5,14-17,19-23H,2,6-13,18H2,1H3. The summed E-state index contributed by atoms with van der Waals surface area (Å²) in [5.41, 5.74) is 1.37. The van der Waals surface area contributed by atoms with E-state index in [9.17, 15) is 4.39 Å². The molecular formula is C28H35FO. The van der Waals surface area contributed by atoms with Crippen LogP contribution in [-0.4, -0.2) is 6.61 Å². The summed E-state index contributed by atoms with van der Waals surface area (Å²) in [6.07, 6.45) is 16.6. The lowest BCUT2D eigenvalue weighted by Gasteiger charge is -2.37. The summed E-state index contributed by atoms with van der Waals surface area (Å²) in [6, 6.07) is 10.1. The number of allylic oxidation sites excluding steroid dienone is 2. The molecule has 0 spiro atoms. The Labute approximate surface area is 181 Å². The topological polar surface area (TPSA) is 9.23 Å². The van der Waals surface area contributed by atoms with E-state index in [4.69, 9.17) is 4.74 Å². The van der Waals surface area contributed by atoms with Crippen LogP contribution in [0.2, 0.25) is 0 Å². The highest BCUT2D eigenvalue weighted by molar-refractivity contribution is 5.85. The molecule has 2 aliphatic carbocycles. The average Bonchev–Trinajstić information content (AvgIpc) is 2.81. The number of benzene rings is 2. The van der Waals surface area contributed by atoms with Crippen molar-refractivity contribution < 1.29 is 9.13 Å². The van der Waals surface area contributed by atoms with Gasteiger partial charge < -0.3 is 4.74 Å². The number of halogens is 1. The van der Waals surface area contributed by atoms with Crippen LogP contribution in [0.15, 0.2) is 55.1 Å². The van der Waals surface area contributed by atoms with Gasteiger partial charge in [0.1, 0.15) is 6.61 Å². The molecule has 2 aromatic carbocycles. The maximum Gasteiger partial charge on any atom is 0.172 e.